The molecule has 8 N–H and O–H groups in total. The molecule has 0 saturated carbocycles. The number of azide groups is 1. The van der Waals surface area contributed by atoms with Crippen molar-refractivity contribution in [3.05, 3.63) is 10.4 Å². The average molecular weight is 367 g/mol. The van der Waals surface area contributed by atoms with Crippen molar-refractivity contribution in [2.24, 2.45) is 5.11 Å². The van der Waals surface area contributed by atoms with Crippen molar-refractivity contribution >= 4 is 0 Å². The van der Waals surface area contributed by atoms with Gasteiger partial charge in [-0.1, -0.05) is 5.11 Å². The Balaban J connectivity index is 2.33. The zero-order valence-corrected chi connectivity index (χ0v) is 12.9. The van der Waals surface area contributed by atoms with Gasteiger partial charge in [-0.25, -0.2) is 0 Å². The molecule has 0 bridgehead atoms. The monoisotopic (exact) mass is 367 g/mol. The maximum atomic E-state index is 10.7. The van der Waals surface area contributed by atoms with Crippen LogP contribution in [0.2, 0.25) is 0 Å². The van der Waals surface area contributed by atoms with Crippen LogP contribution in [-0.4, -0.2) is 115 Å². The highest BCUT2D eigenvalue weighted by atomic mass is 16.6. The Morgan fingerprint density at radius 1 is 1.04 bits per heavy atom. The van der Waals surface area contributed by atoms with Gasteiger partial charge in [0.1, 0.15) is 30.5 Å². The van der Waals surface area contributed by atoms with Crippen molar-refractivity contribution in [2.75, 3.05) is 19.8 Å². The first-order valence-electron chi connectivity index (χ1n) is 7.39. The molecule has 0 unspecified atom stereocenters. The summed E-state index contributed by atoms with van der Waals surface area (Å²) in [6, 6.07) is 0. The number of hydrogen-bond donors (Lipinski definition) is 8. The van der Waals surface area contributed by atoms with Crippen molar-refractivity contribution in [2.45, 2.75) is 54.1 Å². The predicted octanol–water partition coefficient (Wildman–Crippen LogP) is -4.69. The molecule has 0 aromatic heterocycles. The van der Waals surface area contributed by atoms with Crippen LogP contribution >= 0.6 is 0 Å². The summed E-state index contributed by atoms with van der Waals surface area (Å²) in [6.45, 7) is -2.10. The minimum atomic E-state index is -3.07. The number of aliphatic hydroxyl groups is 8. The number of ether oxygens (including phenoxy) is 2. The number of hydrogen-bond acceptors (Lipinski definition) is 11. The Hall–Kier alpha value is -1.09. The van der Waals surface area contributed by atoms with Crippen LogP contribution in [0.4, 0.5) is 0 Å². The molecular formula is C12H21N3O10. The second kappa shape index (κ2) is 7.26. The third-order valence-corrected chi connectivity index (χ3v) is 4.74. The standard InChI is InChI=1S/C12H21N3O10/c13-15-14-1-4-6(17)8(19)11(22,3-24-4)12(23)9(20)7(18)5(2-16)25-10(12)21/h4-10,16-23H,1-3H2/t4-,5-,6-,7-,8+,9+,10+,11-,12-/m1/s1. The van der Waals surface area contributed by atoms with Crippen molar-refractivity contribution in [1.29, 1.82) is 0 Å². The maximum Gasteiger partial charge on any atom is 0.190 e. The lowest BCUT2D eigenvalue weighted by atomic mass is 9.68. The number of aliphatic hydroxyl groups excluding tert-OH is 6. The quantitative estimate of drug-likeness (QED) is 0.134. The Bertz CT molecular complexity index is 533. The summed E-state index contributed by atoms with van der Waals surface area (Å²) >= 11 is 0. The van der Waals surface area contributed by atoms with Crippen LogP contribution in [0.5, 0.6) is 0 Å². The summed E-state index contributed by atoms with van der Waals surface area (Å²) in [5.41, 5.74) is 2.35. The molecule has 2 rings (SSSR count). The van der Waals surface area contributed by atoms with E-state index in [9.17, 15) is 35.7 Å². The van der Waals surface area contributed by atoms with Gasteiger partial charge < -0.3 is 50.3 Å². The topological polar surface area (TPSA) is 229 Å². The van der Waals surface area contributed by atoms with Gasteiger partial charge in [0.15, 0.2) is 17.5 Å². The summed E-state index contributed by atoms with van der Waals surface area (Å²) in [7, 11) is 0. The maximum absolute atomic E-state index is 10.7. The molecule has 2 aliphatic rings. The summed E-state index contributed by atoms with van der Waals surface area (Å²) in [4.78, 5) is 2.46. The molecule has 2 fully saturated rings. The summed E-state index contributed by atoms with van der Waals surface area (Å²) in [6.07, 6.45) is -13.2. The molecule has 0 radical (unpaired) electrons. The highest BCUT2D eigenvalue weighted by Gasteiger charge is 2.70. The molecule has 9 atom stereocenters. The van der Waals surface area contributed by atoms with E-state index in [-0.39, 0.29) is 6.54 Å². The molecule has 0 spiro atoms. The Morgan fingerprint density at radius 3 is 2.20 bits per heavy atom. The van der Waals surface area contributed by atoms with Crippen LogP contribution in [0.15, 0.2) is 5.11 Å². The van der Waals surface area contributed by atoms with Gasteiger partial charge in [-0.15, -0.1) is 0 Å². The van der Waals surface area contributed by atoms with Gasteiger partial charge in [-0.3, -0.25) is 0 Å². The van der Waals surface area contributed by atoms with Crippen LogP contribution in [0.25, 0.3) is 10.4 Å². The first-order chi connectivity index (χ1) is 11.6. The lowest BCUT2D eigenvalue weighted by Gasteiger charge is -2.56. The van der Waals surface area contributed by atoms with E-state index in [0.717, 1.165) is 0 Å². The Labute approximate surface area is 140 Å². The van der Waals surface area contributed by atoms with Crippen LogP contribution in [0, 0.1) is 0 Å². The van der Waals surface area contributed by atoms with E-state index in [1.165, 1.54) is 0 Å². The van der Waals surface area contributed by atoms with Crippen LogP contribution in [0.3, 0.4) is 0 Å². The summed E-state index contributed by atoms with van der Waals surface area (Å²) < 4.78 is 9.89. The molecule has 0 aromatic rings. The van der Waals surface area contributed by atoms with Crippen molar-refractivity contribution in [3.8, 4) is 0 Å². The number of rotatable bonds is 4. The molecule has 2 saturated heterocycles. The zero-order chi connectivity index (χ0) is 19.0. The van der Waals surface area contributed by atoms with Crippen molar-refractivity contribution in [1.82, 2.24) is 0 Å². The van der Waals surface area contributed by atoms with E-state index >= 15 is 0 Å². The smallest absolute Gasteiger partial charge is 0.190 e. The van der Waals surface area contributed by atoms with E-state index in [4.69, 9.17) is 20.1 Å². The lowest BCUT2D eigenvalue weighted by molar-refractivity contribution is -0.398. The summed E-state index contributed by atoms with van der Waals surface area (Å²) in [5.74, 6) is 0. The van der Waals surface area contributed by atoms with E-state index in [1.54, 1.807) is 0 Å². The molecular weight excluding hydrogens is 346 g/mol. The van der Waals surface area contributed by atoms with Gasteiger partial charge in [0.2, 0.25) is 0 Å². The third-order valence-electron chi connectivity index (χ3n) is 4.74. The third kappa shape index (κ3) is 2.99. The summed E-state index contributed by atoms with van der Waals surface area (Å²) in [5, 5.41) is 84.0. The van der Waals surface area contributed by atoms with E-state index in [0.29, 0.717) is 0 Å². The minimum Gasteiger partial charge on any atom is -0.394 e. The van der Waals surface area contributed by atoms with Crippen LogP contribution < -0.4 is 0 Å². The average Bonchev–Trinajstić information content (AvgIpc) is 2.60. The molecule has 0 aromatic carbocycles. The minimum absolute atomic E-state index is 0.389. The van der Waals surface area contributed by atoms with Crippen molar-refractivity contribution < 1.29 is 50.3 Å². The fourth-order valence-corrected chi connectivity index (χ4v) is 3.11. The first-order valence-corrected chi connectivity index (χ1v) is 7.39. The molecule has 2 heterocycles. The van der Waals surface area contributed by atoms with Crippen LogP contribution in [-0.2, 0) is 9.47 Å². The highest BCUT2D eigenvalue weighted by Crippen LogP contribution is 2.42. The SMILES string of the molecule is [N-]=[N+]=NC[C@H]1OC[C@](O)([C@]2(O)[C@@H](O)O[C@H](CO)[C@@H](O)[C@@H]2O)[C@@H](O)[C@@H]1O. The van der Waals surface area contributed by atoms with E-state index < -0.39 is 67.3 Å². The van der Waals surface area contributed by atoms with Gasteiger partial charge in [0, 0.05) is 4.91 Å². The molecule has 144 valence electrons. The predicted molar refractivity (Wildman–Crippen MR) is 75.6 cm³/mol. The Kier molecular flexibility index (Phi) is 5.88. The van der Waals surface area contributed by atoms with Crippen molar-refractivity contribution in [3.63, 3.8) is 0 Å². The second-order valence-electron chi connectivity index (χ2n) is 6.09. The second-order valence-corrected chi connectivity index (χ2v) is 6.09. The highest BCUT2D eigenvalue weighted by molar-refractivity contribution is 5.17. The largest absolute Gasteiger partial charge is 0.394 e. The molecule has 13 nitrogen and oxygen atoms in total. The van der Waals surface area contributed by atoms with E-state index in [1.807, 2.05) is 0 Å². The first kappa shape index (κ1) is 20.2. The number of nitrogens with zero attached hydrogens (tertiary/aromatic N) is 3. The van der Waals surface area contributed by atoms with Gasteiger partial charge in [-0.2, -0.15) is 0 Å². The fraction of sp³-hybridized carbons (Fsp3) is 1.00. The molecule has 0 aliphatic carbocycles. The fourth-order valence-electron chi connectivity index (χ4n) is 3.11. The van der Waals surface area contributed by atoms with Gasteiger partial charge in [0.25, 0.3) is 0 Å². The molecule has 2 aliphatic heterocycles. The lowest BCUT2D eigenvalue weighted by Crippen LogP contribution is -2.82. The van der Waals surface area contributed by atoms with E-state index in [2.05, 4.69) is 10.0 Å². The van der Waals surface area contributed by atoms with Gasteiger partial charge in [-0.05, 0) is 5.53 Å². The normalized spacial score (nSPS) is 51.0. The van der Waals surface area contributed by atoms with Crippen LogP contribution in [0.1, 0.15) is 0 Å². The Morgan fingerprint density at radius 2 is 1.64 bits per heavy atom. The van der Waals surface area contributed by atoms with Gasteiger partial charge >= 0.3 is 0 Å². The van der Waals surface area contributed by atoms with Gasteiger partial charge in [0.05, 0.1) is 25.9 Å². The molecule has 25 heavy (non-hydrogen) atoms. The zero-order valence-electron chi connectivity index (χ0n) is 12.9. The molecule has 13 heteroatoms. The molecule has 0 amide bonds.